The second-order valence-electron chi connectivity index (χ2n) is 5.20. The van der Waals surface area contributed by atoms with Gasteiger partial charge in [-0.25, -0.2) is 0 Å². The fraction of sp³-hybridized carbons (Fsp3) is 0.267. The van der Waals surface area contributed by atoms with Crippen LogP contribution in [0.15, 0.2) is 36.4 Å². The van der Waals surface area contributed by atoms with E-state index in [0.717, 1.165) is 22.5 Å². The van der Waals surface area contributed by atoms with Gasteiger partial charge in [-0.15, -0.1) is 0 Å². The van der Waals surface area contributed by atoms with Gasteiger partial charge in [0.25, 0.3) is 0 Å². The Kier molecular flexibility index (Phi) is 1.88. The van der Waals surface area contributed by atoms with E-state index in [9.17, 15) is 4.79 Å². The van der Waals surface area contributed by atoms with Crippen molar-refractivity contribution >= 4 is 17.1 Å². The summed E-state index contributed by atoms with van der Waals surface area (Å²) in [6.07, 6.45) is 0.661. The normalized spacial score (nSPS) is 21.1. The number of allylic oxidation sites excluding steroid dienone is 1. The Morgan fingerprint density at radius 1 is 1.24 bits per heavy atom. The first-order valence-electron chi connectivity index (χ1n) is 5.75. The van der Waals surface area contributed by atoms with E-state index in [1.165, 1.54) is 0 Å². The molecule has 2 aliphatic rings. The van der Waals surface area contributed by atoms with Crippen LogP contribution in [0.3, 0.4) is 0 Å². The monoisotopic (exact) mass is 226 g/mol. The van der Waals surface area contributed by atoms with Crippen molar-refractivity contribution in [3.63, 3.8) is 0 Å². The highest BCUT2D eigenvalue weighted by Gasteiger charge is 2.40. The second kappa shape index (κ2) is 3.10. The van der Waals surface area contributed by atoms with Gasteiger partial charge in [0.1, 0.15) is 11.4 Å². The largest absolute Gasteiger partial charge is 0.486 e. The summed E-state index contributed by atoms with van der Waals surface area (Å²) in [5.41, 5.74) is 2.96. The van der Waals surface area contributed by atoms with Crippen LogP contribution in [0.4, 0.5) is 0 Å². The van der Waals surface area contributed by atoms with E-state index in [0.29, 0.717) is 12.0 Å². The van der Waals surface area contributed by atoms with Crippen LogP contribution in [0.5, 0.6) is 0 Å². The third-order valence-corrected chi connectivity index (χ3v) is 3.30. The topological polar surface area (TPSA) is 26.3 Å². The van der Waals surface area contributed by atoms with Gasteiger partial charge in [0.05, 0.1) is 0 Å². The summed E-state index contributed by atoms with van der Waals surface area (Å²) in [5, 5.41) is 0. The molecule has 3 rings (SSSR count). The van der Waals surface area contributed by atoms with Crippen LogP contribution >= 0.6 is 0 Å². The lowest BCUT2D eigenvalue weighted by Crippen LogP contribution is -2.18. The Morgan fingerprint density at radius 2 is 1.88 bits per heavy atom. The van der Waals surface area contributed by atoms with E-state index in [-0.39, 0.29) is 11.4 Å². The van der Waals surface area contributed by atoms with E-state index in [4.69, 9.17) is 4.74 Å². The van der Waals surface area contributed by atoms with Crippen LogP contribution in [-0.4, -0.2) is 11.4 Å². The molecule has 0 saturated heterocycles. The van der Waals surface area contributed by atoms with Gasteiger partial charge in [-0.2, -0.15) is 0 Å². The molecule has 2 heteroatoms. The highest BCUT2D eigenvalue weighted by molar-refractivity contribution is 6.33. The summed E-state index contributed by atoms with van der Waals surface area (Å²) in [6, 6.07) is 7.79. The first-order chi connectivity index (χ1) is 7.99. The highest BCUT2D eigenvalue weighted by Crippen LogP contribution is 2.45. The van der Waals surface area contributed by atoms with E-state index >= 15 is 0 Å². The van der Waals surface area contributed by atoms with Gasteiger partial charge in [0.2, 0.25) is 0 Å². The number of rotatable bonds is 0. The van der Waals surface area contributed by atoms with Crippen LogP contribution in [-0.2, 0) is 9.53 Å². The van der Waals surface area contributed by atoms with Gasteiger partial charge >= 0.3 is 0 Å². The molecule has 1 aromatic rings. The molecule has 0 spiro atoms. The number of carbonyl (C=O) groups excluding carboxylic acids is 1. The van der Waals surface area contributed by atoms with Gasteiger partial charge in [0, 0.05) is 23.1 Å². The SMILES string of the molecule is C=C1C(=O)C2=C(OC(C)(C)C2)c2ccccc21. The molecule has 1 aliphatic carbocycles. The van der Waals surface area contributed by atoms with Gasteiger partial charge in [-0.1, -0.05) is 30.8 Å². The summed E-state index contributed by atoms with van der Waals surface area (Å²) in [7, 11) is 0. The number of ether oxygens (including phenoxy) is 1. The standard InChI is InChI=1S/C15H14O2/c1-9-10-6-4-5-7-11(10)14-12(13(9)16)8-15(2,3)17-14/h4-7H,1,8H2,2-3H3. The molecule has 0 aromatic heterocycles. The van der Waals surface area contributed by atoms with Crippen molar-refractivity contribution in [2.45, 2.75) is 25.9 Å². The molecular formula is C15H14O2. The van der Waals surface area contributed by atoms with Gasteiger partial charge in [-0.05, 0) is 19.4 Å². The first kappa shape index (κ1) is 10.3. The third-order valence-electron chi connectivity index (χ3n) is 3.30. The van der Waals surface area contributed by atoms with E-state index in [1.54, 1.807) is 0 Å². The van der Waals surface area contributed by atoms with Crippen molar-refractivity contribution in [1.29, 1.82) is 0 Å². The number of ketones is 1. The number of carbonyl (C=O) groups is 1. The lowest BCUT2D eigenvalue weighted by molar-refractivity contribution is -0.110. The zero-order chi connectivity index (χ0) is 12.2. The average molecular weight is 226 g/mol. The molecule has 17 heavy (non-hydrogen) atoms. The summed E-state index contributed by atoms with van der Waals surface area (Å²) >= 11 is 0. The average Bonchev–Trinajstić information content (AvgIpc) is 2.62. The molecule has 0 amide bonds. The minimum Gasteiger partial charge on any atom is -0.486 e. The molecule has 2 nitrogen and oxygen atoms in total. The fourth-order valence-electron chi connectivity index (χ4n) is 2.53. The second-order valence-corrected chi connectivity index (χ2v) is 5.20. The number of fused-ring (bicyclic) bond motifs is 2. The lowest BCUT2D eigenvalue weighted by atomic mass is 9.84. The molecule has 1 aliphatic heterocycles. The molecule has 0 radical (unpaired) electrons. The van der Waals surface area contributed by atoms with Gasteiger partial charge in [0.15, 0.2) is 5.78 Å². The van der Waals surface area contributed by atoms with Crippen LogP contribution in [0.2, 0.25) is 0 Å². The zero-order valence-electron chi connectivity index (χ0n) is 10.0. The van der Waals surface area contributed by atoms with Gasteiger partial charge < -0.3 is 4.74 Å². The Hall–Kier alpha value is -1.83. The van der Waals surface area contributed by atoms with Crippen LogP contribution in [0, 0.1) is 0 Å². The number of benzene rings is 1. The van der Waals surface area contributed by atoms with E-state index in [2.05, 4.69) is 6.58 Å². The fourth-order valence-corrected chi connectivity index (χ4v) is 2.53. The molecule has 0 fully saturated rings. The maximum atomic E-state index is 12.2. The summed E-state index contributed by atoms with van der Waals surface area (Å²) in [6.45, 7) is 7.91. The molecular weight excluding hydrogens is 212 g/mol. The Morgan fingerprint density at radius 3 is 2.59 bits per heavy atom. The molecule has 1 heterocycles. The predicted octanol–water partition coefficient (Wildman–Crippen LogP) is 3.19. The molecule has 0 N–H and O–H groups in total. The number of hydrogen-bond acceptors (Lipinski definition) is 2. The van der Waals surface area contributed by atoms with E-state index < -0.39 is 0 Å². The van der Waals surface area contributed by atoms with Crippen molar-refractivity contribution < 1.29 is 9.53 Å². The number of hydrogen-bond donors (Lipinski definition) is 0. The Labute approximate surface area is 101 Å². The maximum absolute atomic E-state index is 12.2. The molecule has 0 unspecified atom stereocenters. The third kappa shape index (κ3) is 1.37. The van der Waals surface area contributed by atoms with Crippen molar-refractivity contribution in [2.24, 2.45) is 0 Å². The maximum Gasteiger partial charge on any atom is 0.192 e. The molecule has 0 saturated carbocycles. The zero-order valence-corrected chi connectivity index (χ0v) is 10.0. The highest BCUT2D eigenvalue weighted by atomic mass is 16.5. The summed E-state index contributed by atoms with van der Waals surface area (Å²) in [5.74, 6) is 0.785. The number of Topliss-reactive ketones (excluding diaryl/α,β-unsaturated/α-hetero) is 1. The first-order valence-corrected chi connectivity index (χ1v) is 5.75. The smallest absolute Gasteiger partial charge is 0.192 e. The van der Waals surface area contributed by atoms with Crippen molar-refractivity contribution in [1.82, 2.24) is 0 Å². The minimum atomic E-state index is -0.294. The molecule has 0 bridgehead atoms. The van der Waals surface area contributed by atoms with E-state index in [1.807, 2.05) is 38.1 Å². The minimum absolute atomic E-state index is 0.0317. The van der Waals surface area contributed by atoms with Crippen LogP contribution < -0.4 is 0 Å². The van der Waals surface area contributed by atoms with Crippen molar-refractivity contribution in [3.8, 4) is 0 Å². The predicted molar refractivity (Wildman–Crippen MR) is 67.2 cm³/mol. The summed E-state index contributed by atoms with van der Waals surface area (Å²) < 4.78 is 5.92. The molecule has 86 valence electrons. The van der Waals surface area contributed by atoms with Crippen molar-refractivity contribution in [3.05, 3.63) is 47.5 Å². The van der Waals surface area contributed by atoms with Crippen LogP contribution in [0.25, 0.3) is 11.3 Å². The van der Waals surface area contributed by atoms with Gasteiger partial charge in [-0.3, -0.25) is 4.79 Å². The van der Waals surface area contributed by atoms with Crippen molar-refractivity contribution in [2.75, 3.05) is 0 Å². The molecule has 1 aromatic carbocycles. The summed E-state index contributed by atoms with van der Waals surface area (Å²) in [4.78, 5) is 12.2. The Balaban J connectivity index is 2.24. The molecule has 0 atom stereocenters. The quantitative estimate of drug-likeness (QED) is 0.635. The Bertz CT molecular complexity index is 576. The van der Waals surface area contributed by atoms with Crippen LogP contribution in [0.1, 0.15) is 31.4 Å². The lowest BCUT2D eigenvalue weighted by Gasteiger charge is -2.21.